The monoisotopic (exact) mass is 490 g/mol. The summed E-state index contributed by atoms with van der Waals surface area (Å²) in [6, 6.07) is 7.54. The Balaban J connectivity index is 1.34. The van der Waals surface area contributed by atoms with Gasteiger partial charge in [-0.05, 0) is 18.6 Å². The summed E-state index contributed by atoms with van der Waals surface area (Å²) in [7, 11) is 1.84. The highest BCUT2D eigenvalue weighted by atomic mass is 16.5. The number of aliphatic hydroxyl groups is 1. The van der Waals surface area contributed by atoms with Crippen molar-refractivity contribution in [3.8, 4) is 11.3 Å². The van der Waals surface area contributed by atoms with Crippen molar-refractivity contribution in [2.75, 3.05) is 54.5 Å². The molecule has 36 heavy (non-hydrogen) atoms. The highest BCUT2D eigenvalue weighted by Gasteiger charge is 2.28. The second kappa shape index (κ2) is 9.21. The second-order valence-electron chi connectivity index (χ2n) is 8.93. The number of fused-ring (bicyclic) bond motifs is 1. The molecule has 186 valence electrons. The maximum absolute atomic E-state index is 13.5. The van der Waals surface area contributed by atoms with Gasteiger partial charge in [-0.2, -0.15) is 10.1 Å². The van der Waals surface area contributed by atoms with Crippen LogP contribution in [-0.2, 0) is 11.8 Å². The molecule has 2 N–H and O–H groups in total. The molecular weight excluding hydrogens is 464 g/mol. The lowest BCUT2D eigenvalue weighted by Crippen LogP contribution is -2.36. The van der Waals surface area contributed by atoms with E-state index < -0.39 is 6.10 Å². The van der Waals surface area contributed by atoms with E-state index in [0.29, 0.717) is 86.0 Å². The van der Waals surface area contributed by atoms with E-state index in [0.717, 1.165) is 5.56 Å². The fourth-order valence-electron chi connectivity index (χ4n) is 4.48. The van der Waals surface area contributed by atoms with Gasteiger partial charge >= 0.3 is 0 Å². The third kappa shape index (κ3) is 4.36. The summed E-state index contributed by atoms with van der Waals surface area (Å²) in [6.07, 6.45) is 3.71. The maximum Gasteiger partial charge on any atom is 0.300 e. The molecule has 4 aromatic rings. The van der Waals surface area contributed by atoms with Crippen LogP contribution < -0.4 is 15.1 Å². The predicted molar refractivity (Wildman–Crippen MR) is 132 cm³/mol. The first-order chi connectivity index (χ1) is 17.5. The number of morpholine rings is 1. The van der Waals surface area contributed by atoms with Crippen molar-refractivity contribution in [2.45, 2.75) is 12.5 Å². The van der Waals surface area contributed by atoms with Crippen molar-refractivity contribution in [1.82, 2.24) is 24.7 Å². The van der Waals surface area contributed by atoms with Crippen LogP contribution in [0.4, 0.5) is 17.7 Å². The standard InChI is InChI=1S/C24H26N8O4/c1-30-13-15(12-25-30)18-3-2-4-20(26-18)27-23(34)17-11-19-21(28-22(17)32-6-5-16(33)14-32)29-24(36-19)31-7-9-35-10-8-31/h2-4,11-13,16,33H,5-10,14H2,1H3,(H,26,27,34)/t16-/m0/s1. The van der Waals surface area contributed by atoms with E-state index in [1.54, 1.807) is 23.0 Å². The van der Waals surface area contributed by atoms with Crippen molar-refractivity contribution < 1.29 is 19.1 Å². The number of hydrogen-bond donors (Lipinski definition) is 2. The number of carbonyl (C=O) groups excluding carboxylic acids is 1. The fraction of sp³-hybridized carbons (Fsp3) is 0.375. The van der Waals surface area contributed by atoms with Gasteiger partial charge in [0.05, 0.1) is 36.8 Å². The minimum Gasteiger partial charge on any atom is -0.422 e. The number of pyridine rings is 2. The van der Waals surface area contributed by atoms with Gasteiger partial charge in [-0.3, -0.25) is 9.48 Å². The molecule has 0 saturated carbocycles. The Morgan fingerprint density at radius 1 is 1.14 bits per heavy atom. The van der Waals surface area contributed by atoms with Gasteiger partial charge in [0, 0.05) is 51.1 Å². The van der Waals surface area contributed by atoms with Crippen LogP contribution in [0.1, 0.15) is 16.8 Å². The molecule has 4 aromatic heterocycles. The summed E-state index contributed by atoms with van der Waals surface area (Å²) in [6.45, 7) is 3.52. The van der Waals surface area contributed by atoms with Gasteiger partial charge < -0.3 is 29.4 Å². The molecule has 0 aromatic carbocycles. The highest BCUT2D eigenvalue weighted by molar-refractivity contribution is 6.08. The molecular formula is C24H26N8O4. The summed E-state index contributed by atoms with van der Waals surface area (Å²) < 4.78 is 13.1. The van der Waals surface area contributed by atoms with E-state index >= 15 is 0 Å². The van der Waals surface area contributed by atoms with Crippen molar-refractivity contribution in [3.05, 3.63) is 42.2 Å². The van der Waals surface area contributed by atoms with Gasteiger partial charge in [-0.25, -0.2) is 9.97 Å². The first kappa shape index (κ1) is 22.4. The topological polar surface area (TPSA) is 135 Å². The molecule has 1 atom stereocenters. The fourth-order valence-corrected chi connectivity index (χ4v) is 4.48. The van der Waals surface area contributed by atoms with E-state index in [1.807, 2.05) is 35.2 Å². The van der Waals surface area contributed by atoms with Crippen LogP contribution in [0.5, 0.6) is 0 Å². The molecule has 0 aliphatic carbocycles. The van der Waals surface area contributed by atoms with E-state index in [4.69, 9.17) is 14.1 Å². The van der Waals surface area contributed by atoms with Crippen LogP contribution in [0.3, 0.4) is 0 Å². The van der Waals surface area contributed by atoms with Gasteiger partial charge in [0.25, 0.3) is 11.9 Å². The van der Waals surface area contributed by atoms with Gasteiger partial charge in [0.2, 0.25) is 5.65 Å². The number of β-amino-alcohol motifs (C(OH)–C–C–N with tert-alkyl or cyclic N) is 1. The van der Waals surface area contributed by atoms with Crippen LogP contribution in [0.25, 0.3) is 22.5 Å². The Bertz CT molecular complexity index is 1410. The Morgan fingerprint density at radius 3 is 2.75 bits per heavy atom. The molecule has 6 rings (SSSR count). The van der Waals surface area contributed by atoms with Crippen LogP contribution >= 0.6 is 0 Å². The van der Waals surface area contributed by atoms with Crippen LogP contribution in [-0.4, -0.2) is 81.2 Å². The van der Waals surface area contributed by atoms with E-state index in [1.165, 1.54) is 0 Å². The minimum atomic E-state index is -0.475. The van der Waals surface area contributed by atoms with E-state index in [9.17, 15) is 9.90 Å². The normalized spacial score (nSPS) is 18.2. The molecule has 0 radical (unpaired) electrons. The summed E-state index contributed by atoms with van der Waals surface area (Å²) in [5.41, 5.74) is 2.71. The second-order valence-corrected chi connectivity index (χ2v) is 8.93. The molecule has 2 saturated heterocycles. The summed E-state index contributed by atoms with van der Waals surface area (Å²) in [5, 5.41) is 17.2. The highest BCUT2D eigenvalue weighted by Crippen LogP contribution is 2.30. The molecule has 0 bridgehead atoms. The van der Waals surface area contributed by atoms with Crippen LogP contribution in [0, 0.1) is 0 Å². The summed E-state index contributed by atoms with van der Waals surface area (Å²) in [5.74, 6) is 0.489. The lowest BCUT2D eigenvalue weighted by atomic mass is 10.2. The molecule has 2 fully saturated rings. The Hall–Kier alpha value is -4.03. The number of aliphatic hydroxyl groups excluding tert-OH is 1. The van der Waals surface area contributed by atoms with E-state index in [-0.39, 0.29) is 5.91 Å². The number of oxazole rings is 1. The zero-order valence-corrected chi connectivity index (χ0v) is 19.8. The van der Waals surface area contributed by atoms with E-state index in [2.05, 4.69) is 20.4 Å². The quantitative estimate of drug-likeness (QED) is 0.425. The number of rotatable bonds is 5. The largest absolute Gasteiger partial charge is 0.422 e. The lowest BCUT2D eigenvalue weighted by molar-refractivity contribution is 0.102. The lowest BCUT2D eigenvalue weighted by Gasteiger charge is -2.24. The molecule has 2 aliphatic heterocycles. The molecule has 12 heteroatoms. The molecule has 0 spiro atoms. The number of anilines is 3. The zero-order valence-electron chi connectivity index (χ0n) is 19.8. The molecule has 1 amide bonds. The Labute approximate surface area is 206 Å². The number of ether oxygens (including phenoxy) is 1. The van der Waals surface area contributed by atoms with Gasteiger partial charge in [0.15, 0.2) is 5.58 Å². The van der Waals surface area contributed by atoms with Crippen LogP contribution in [0.2, 0.25) is 0 Å². The third-order valence-electron chi connectivity index (χ3n) is 6.33. The summed E-state index contributed by atoms with van der Waals surface area (Å²) >= 11 is 0. The average Bonchev–Trinajstić information content (AvgIpc) is 3.63. The number of amides is 1. The van der Waals surface area contributed by atoms with Gasteiger partial charge in [-0.15, -0.1) is 0 Å². The Kier molecular flexibility index (Phi) is 5.74. The number of nitrogens with zero attached hydrogens (tertiary/aromatic N) is 7. The molecule has 0 unspecified atom stereocenters. The maximum atomic E-state index is 13.5. The number of nitrogens with one attached hydrogen (secondary N) is 1. The number of carbonyl (C=O) groups is 1. The third-order valence-corrected chi connectivity index (χ3v) is 6.33. The average molecular weight is 491 g/mol. The number of aromatic nitrogens is 5. The molecule has 6 heterocycles. The smallest absolute Gasteiger partial charge is 0.300 e. The zero-order chi connectivity index (χ0) is 24.6. The van der Waals surface area contributed by atoms with Crippen molar-refractivity contribution in [1.29, 1.82) is 0 Å². The van der Waals surface area contributed by atoms with Crippen LogP contribution in [0.15, 0.2) is 41.1 Å². The number of aryl methyl sites for hydroxylation is 1. The summed E-state index contributed by atoms with van der Waals surface area (Å²) in [4.78, 5) is 31.2. The first-order valence-electron chi connectivity index (χ1n) is 11.9. The van der Waals surface area contributed by atoms with Crippen molar-refractivity contribution in [2.24, 2.45) is 7.05 Å². The minimum absolute atomic E-state index is 0.329. The number of hydrogen-bond acceptors (Lipinski definition) is 10. The molecule has 2 aliphatic rings. The van der Waals surface area contributed by atoms with Gasteiger partial charge in [0.1, 0.15) is 11.6 Å². The molecule has 12 nitrogen and oxygen atoms in total. The Morgan fingerprint density at radius 2 is 2.00 bits per heavy atom. The van der Waals surface area contributed by atoms with Crippen molar-refractivity contribution >= 4 is 34.8 Å². The first-order valence-corrected chi connectivity index (χ1v) is 11.9. The predicted octanol–water partition coefficient (Wildman–Crippen LogP) is 1.68. The van der Waals surface area contributed by atoms with Gasteiger partial charge in [-0.1, -0.05) is 6.07 Å². The SMILES string of the molecule is Cn1cc(-c2cccc(NC(=O)c3cc4oc(N5CCOCC5)nc4nc3N3CC[C@H](O)C3)n2)cn1. The van der Waals surface area contributed by atoms with Crippen molar-refractivity contribution in [3.63, 3.8) is 0 Å².